The molecule has 0 saturated carbocycles. The molecule has 0 heterocycles. The van der Waals surface area contributed by atoms with Crippen LogP contribution in [0.25, 0.3) is 0 Å². The van der Waals surface area contributed by atoms with Crippen molar-refractivity contribution in [2.24, 2.45) is 0 Å². The van der Waals surface area contributed by atoms with Crippen molar-refractivity contribution in [3.05, 3.63) is 29.3 Å². The molecule has 7 heteroatoms. The van der Waals surface area contributed by atoms with E-state index in [1.807, 2.05) is 0 Å². The summed E-state index contributed by atoms with van der Waals surface area (Å²) in [7, 11) is -3.75. The molecule has 0 spiro atoms. The maximum atomic E-state index is 11.9. The van der Waals surface area contributed by atoms with Crippen molar-refractivity contribution in [2.45, 2.75) is 33.2 Å². The standard InChI is InChI=1S/C12H18N2O4S/c1-8-5-6-9(11(15)16)7-10(8)13-19(17,18)14-12(2,3)4/h5-7,13-14H,1-4H3,(H,15,16). The van der Waals surface area contributed by atoms with Crippen molar-refractivity contribution < 1.29 is 18.3 Å². The lowest BCUT2D eigenvalue weighted by molar-refractivity contribution is 0.0697. The maximum Gasteiger partial charge on any atom is 0.335 e. The minimum absolute atomic E-state index is 0.0269. The van der Waals surface area contributed by atoms with Crippen LogP contribution < -0.4 is 9.44 Å². The number of anilines is 1. The predicted octanol–water partition coefficient (Wildman–Crippen LogP) is 1.74. The van der Waals surface area contributed by atoms with Crippen LogP contribution in [0.3, 0.4) is 0 Å². The van der Waals surface area contributed by atoms with Gasteiger partial charge >= 0.3 is 5.97 Å². The second-order valence-corrected chi connectivity index (χ2v) is 6.71. The Bertz CT molecular complexity index is 588. The highest BCUT2D eigenvalue weighted by molar-refractivity contribution is 7.90. The third kappa shape index (κ3) is 4.88. The van der Waals surface area contributed by atoms with Gasteiger partial charge < -0.3 is 5.11 Å². The molecule has 0 unspecified atom stereocenters. The molecule has 0 fully saturated rings. The molecule has 6 nitrogen and oxygen atoms in total. The summed E-state index contributed by atoms with van der Waals surface area (Å²) in [6, 6.07) is 4.27. The summed E-state index contributed by atoms with van der Waals surface area (Å²) in [5.41, 5.74) is 0.296. The summed E-state index contributed by atoms with van der Waals surface area (Å²) in [6.07, 6.45) is 0. The van der Waals surface area contributed by atoms with Gasteiger partial charge in [-0.25, -0.2) is 4.79 Å². The molecule has 0 aliphatic carbocycles. The molecule has 19 heavy (non-hydrogen) atoms. The molecule has 0 saturated heterocycles. The van der Waals surface area contributed by atoms with E-state index in [1.165, 1.54) is 12.1 Å². The van der Waals surface area contributed by atoms with Crippen molar-refractivity contribution in [3.8, 4) is 0 Å². The molecule has 0 aliphatic rings. The van der Waals surface area contributed by atoms with Gasteiger partial charge in [0.05, 0.1) is 11.3 Å². The largest absolute Gasteiger partial charge is 0.478 e. The molecule has 1 rings (SSSR count). The Morgan fingerprint density at radius 1 is 1.26 bits per heavy atom. The van der Waals surface area contributed by atoms with E-state index in [9.17, 15) is 13.2 Å². The van der Waals surface area contributed by atoms with Crippen LogP contribution in [0.2, 0.25) is 0 Å². The van der Waals surface area contributed by atoms with Gasteiger partial charge in [-0.3, -0.25) is 4.72 Å². The van der Waals surface area contributed by atoms with Crippen LogP contribution in [0.15, 0.2) is 18.2 Å². The van der Waals surface area contributed by atoms with Gasteiger partial charge in [-0.1, -0.05) is 6.07 Å². The minimum Gasteiger partial charge on any atom is -0.478 e. The number of carboxylic acids is 1. The number of benzene rings is 1. The Balaban J connectivity index is 3.05. The Labute approximate surface area is 113 Å². The predicted molar refractivity (Wildman–Crippen MR) is 73.6 cm³/mol. The summed E-state index contributed by atoms with van der Waals surface area (Å²) in [4.78, 5) is 10.9. The van der Waals surface area contributed by atoms with Crippen LogP contribution in [-0.2, 0) is 10.2 Å². The first kappa shape index (κ1) is 15.5. The number of aryl methyl sites for hydroxylation is 1. The number of hydrogen-bond acceptors (Lipinski definition) is 3. The van der Waals surface area contributed by atoms with Crippen LogP contribution in [0.1, 0.15) is 36.7 Å². The van der Waals surface area contributed by atoms with Gasteiger partial charge in [-0.2, -0.15) is 13.1 Å². The molecule has 106 valence electrons. The molecule has 0 radical (unpaired) electrons. The smallest absolute Gasteiger partial charge is 0.335 e. The molecule has 0 bridgehead atoms. The zero-order valence-electron chi connectivity index (χ0n) is 11.3. The summed E-state index contributed by atoms with van der Waals surface area (Å²) >= 11 is 0. The van der Waals surface area contributed by atoms with Gasteiger partial charge in [-0.05, 0) is 45.4 Å². The molecule has 1 aromatic rings. The van der Waals surface area contributed by atoms with Gasteiger partial charge in [0.1, 0.15) is 0 Å². The first-order valence-corrected chi connectivity index (χ1v) is 7.14. The van der Waals surface area contributed by atoms with E-state index >= 15 is 0 Å². The number of nitrogens with one attached hydrogen (secondary N) is 2. The number of rotatable bonds is 4. The van der Waals surface area contributed by atoms with Crippen LogP contribution in [0.4, 0.5) is 5.69 Å². The van der Waals surface area contributed by atoms with Crippen LogP contribution in [0, 0.1) is 6.92 Å². The summed E-state index contributed by atoms with van der Waals surface area (Å²) in [6.45, 7) is 6.84. The molecular formula is C12H18N2O4S. The van der Waals surface area contributed by atoms with Crippen molar-refractivity contribution >= 4 is 21.9 Å². The van der Waals surface area contributed by atoms with Crippen LogP contribution in [-0.4, -0.2) is 25.0 Å². The highest BCUT2D eigenvalue weighted by Crippen LogP contribution is 2.18. The molecule has 0 amide bonds. The minimum atomic E-state index is -3.75. The first-order chi connectivity index (χ1) is 8.50. The summed E-state index contributed by atoms with van der Waals surface area (Å²) < 4.78 is 28.5. The first-order valence-electron chi connectivity index (χ1n) is 5.66. The SMILES string of the molecule is Cc1ccc(C(=O)O)cc1NS(=O)(=O)NC(C)(C)C. The lowest BCUT2D eigenvalue weighted by atomic mass is 10.1. The second-order valence-electron chi connectivity index (χ2n) is 5.29. The number of aromatic carboxylic acids is 1. The van der Waals surface area contributed by atoms with Gasteiger partial charge in [0, 0.05) is 5.54 Å². The van der Waals surface area contributed by atoms with E-state index in [0.29, 0.717) is 5.56 Å². The molecule has 0 aromatic heterocycles. The van der Waals surface area contributed by atoms with E-state index in [0.717, 1.165) is 0 Å². The zero-order valence-corrected chi connectivity index (χ0v) is 12.1. The molecule has 0 atom stereocenters. The van der Waals surface area contributed by atoms with E-state index in [2.05, 4.69) is 9.44 Å². The fraction of sp³-hybridized carbons (Fsp3) is 0.417. The normalized spacial score (nSPS) is 12.2. The summed E-state index contributed by atoms with van der Waals surface area (Å²) in [5.74, 6) is -1.11. The third-order valence-corrected chi connectivity index (χ3v) is 3.54. The monoisotopic (exact) mass is 286 g/mol. The van der Waals surface area contributed by atoms with Gasteiger partial charge in [0.2, 0.25) is 0 Å². The Hall–Kier alpha value is -1.60. The molecule has 3 N–H and O–H groups in total. The zero-order chi connectivity index (χ0) is 14.8. The van der Waals surface area contributed by atoms with Crippen molar-refractivity contribution in [1.82, 2.24) is 4.72 Å². The lowest BCUT2D eigenvalue weighted by Gasteiger charge is -2.21. The highest BCUT2D eigenvalue weighted by Gasteiger charge is 2.20. The van der Waals surface area contributed by atoms with E-state index in [4.69, 9.17) is 5.11 Å². The van der Waals surface area contributed by atoms with E-state index in [-0.39, 0.29) is 11.3 Å². The van der Waals surface area contributed by atoms with Crippen molar-refractivity contribution in [2.75, 3.05) is 4.72 Å². The summed E-state index contributed by atoms with van der Waals surface area (Å²) in [5, 5.41) is 8.89. The van der Waals surface area contributed by atoms with Gasteiger partial charge in [-0.15, -0.1) is 0 Å². The quantitative estimate of drug-likeness (QED) is 0.785. The number of hydrogen-bond donors (Lipinski definition) is 3. The van der Waals surface area contributed by atoms with Gasteiger partial charge in [0.15, 0.2) is 0 Å². The van der Waals surface area contributed by atoms with Crippen molar-refractivity contribution in [1.29, 1.82) is 0 Å². The maximum absolute atomic E-state index is 11.9. The van der Waals surface area contributed by atoms with E-state index in [1.54, 1.807) is 33.8 Å². The topological polar surface area (TPSA) is 95.5 Å². The van der Waals surface area contributed by atoms with Crippen molar-refractivity contribution in [3.63, 3.8) is 0 Å². The molecule has 0 aliphatic heterocycles. The fourth-order valence-corrected chi connectivity index (χ4v) is 2.81. The number of carbonyl (C=O) groups is 1. The molecule has 1 aromatic carbocycles. The molecular weight excluding hydrogens is 268 g/mol. The van der Waals surface area contributed by atoms with Gasteiger partial charge in [0.25, 0.3) is 10.2 Å². The third-order valence-electron chi connectivity index (χ3n) is 2.17. The number of carboxylic acid groups (broad SMARTS) is 1. The Morgan fingerprint density at radius 3 is 2.32 bits per heavy atom. The average Bonchev–Trinajstić information content (AvgIpc) is 2.16. The Kier molecular flexibility index (Phi) is 4.21. The van der Waals surface area contributed by atoms with Crippen LogP contribution >= 0.6 is 0 Å². The second kappa shape index (κ2) is 5.18. The lowest BCUT2D eigenvalue weighted by Crippen LogP contribution is -2.43. The van der Waals surface area contributed by atoms with Crippen LogP contribution in [0.5, 0.6) is 0 Å². The van der Waals surface area contributed by atoms with E-state index < -0.39 is 21.7 Å². The average molecular weight is 286 g/mol. The fourth-order valence-electron chi connectivity index (χ4n) is 1.44. The highest BCUT2D eigenvalue weighted by atomic mass is 32.2. The Morgan fingerprint density at radius 2 is 1.84 bits per heavy atom.